The van der Waals surface area contributed by atoms with Crippen molar-refractivity contribution in [1.82, 2.24) is 10.6 Å². The van der Waals surface area contributed by atoms with Crippen LogP contribution in [0, 0.1) is 5.92 Å². The van der Waals surface area contributed by atoms with E-state index in [-0.39, 0.29) is 17.7 Å². The summed E-state index contributed by atoms with van der Waals surface area (Å²) in [6, 6.07) is 0. The van der Waals surface area contributed by atoms with Crippen LogP contribution in [0.15, 0.2) is 0 Å². The molecule has 0 spiro atoms. The molecule has 1 unspecified atom stereocenters. The van der Waals surface area contributed by atoms with E-state index in [1.54, 1.807) is 0 Å². The van der Waals surface area contributed by atoms with E-state index in [2.05, 4.69) is 10.6 Å². The van der Waals surface area contributed by atoms with E-state index in [0.29, 0.717) is 32.2 Å². The molecular weight excluding hydrogens is 236 g/mol. The van der Waals surface area contributed by atoms with Gasteiger partial charge in [0, 0.05) is 13.0 Å². The first-order chi connectivity index (χ1) is 8.53. The topological polar surface area (TPSA) is 95.5 Å². The van der Waals surface area contributed by atoms with Crippen LogP contribution in [0.2, 0.25) is 0 Å². The van der Waals surface area contributed by atoms with Crippen molar-refractivity contribution in [2.45, 2.75) is 44.1 Å². The summed E-state index contributed by atoms with van der Waals surface area (Å²) in [5.74, 6) is -1.56. The average Bonchev–Trinajstić information content (AvgIpc) is 2.79. The minimum absolute atomic E-state index is 0.0483. The lowest BCUT2D eigenvalue weighted by atomic mass is 9.93. The van der Waals surface area contributed by atoms with Gasteiger partial charge in [-0.1, -0.05) is 12.8 Å². The van der Waals surface area contributed by atoms with Crippen molar-refractivity contribution in [3.63, 3.8) is 0 Å². The summed E-state index contributed by atoms with van der Waals surface area (Å²) in [5.41, 5.74) is -1.08. The molecular formula is C12H18N2O4. The van der Waals surface area contributed by atoms with Gasteiger partial charge in [-0.05, 0) is 19.3 Å². The largest absolute Gasteiger partial charge is 0.480 e. The number of carboxylic acids is 1. The van der Waals surface area contributed by atoms with Gasteiger partial charge < -0.3 is 15.7 Å². The second kappa shape index (κ2) is 4.96. The van der Waals surface area contributed by atoms with Gasteiger partial charge in [-0.2, -0.15) is 0 Å². The highest BCUT2D eigenvalue weighted by atomic mass is 16.4. The van der Waals surface area contributed by atoms with Gasteiger partial charge in [-0.25, -0.2) is 4.79 Å². The summed E-state index contributed by atoms with van der Waals surface area (Å²) in [7, 11) is 0. The Labute approximate surface area is 105 Å². The van der Waals surface area contributed by atoms with Gasteiger partial charge in [-0.15, -0.1) is 0 Å². The Kier molecular flexibility index (Phi) is 3.54. The van der Waals surface area contributed by atoms with Gasteiger partial charge in [0.15, 0.2) is 0 Å². The van der Waals surface area contributed by atoms with Crippen LogP contribution in [0.25, 0.3) is 0 Å². The minimum atomic E-state index is -1.08. The van der Waals surface area contributed by atoms with Crippen LogP contribution in [0.1, 0.15) is 38.5 Å². The Morgan fingerprint density at radius 1 is 1.33 bits per heavy atom. The van der Waals surface area contributed by atoms with E-state index in [4.69, 9.17) is 0 Å². The number of carboxylic acid groups (broad SMARTS) is 1. The molecule has 1 atom stereocenters. The first-order valence-electron chi connectivity index (χ1n) is 6.36. The molecule has 1 heterocycles. The molecule has 0 radical (unpaired) electrons. The summed E-state index contributed by atoms with van der Waals surface area (Å²) >= 11 is 0. The molecule has 1 aliphatic heterocycles. The third-order valence-corrected chi connectivity index (χ3v) is 3.87. The van der Waals surface area contributed by atoms with Gasteiger partial charge >= 0.3 is 5.97 Å². The molecule has 0 aromatic carbocycles. The third kappa shape index (κ3) is 2.47. The van der Waals surface area contributed by atoms with Gasteiger partial charge in [0.05, 0.1) is 5.92 Å². The fraction of sp³-hybridized carbons (Fsp3) is 0.750. The quantitative estimate of drug-likeness (QED) is 0.662. The summed E-state index contributed by atoms with van der Waals surface area (Å²) < 4.78 is 0. The Morgan fingerprint density at radius 3 is 2.50 bits per heavy atom. The number of rotatable bonds is 3. The number of hydrogen-bond acceptors (Lipinski definition) is 3. The van der Waals surface area contributed by atoms with Gasteiger partial charge in [0.1, 0.15) is 5.54 Å². The van der Waals surface area contributed by atoms with Crippen molar-refractivity contribution in [3.8, 4) is 0 Å². The molecule has 2 aliphatic rings. The van der Waals surface area contributed by atoms with E-state index in [0.717, 1.165) is 12.8 Å². The zero-order valence-electron chi connectivity index (χ0n) is 10.2. The van der Waals surface area contributed by atoms with Crippen LogP contribution in [-0.4, -0.2) is 35.0 Å². The molecule has 0 aromatic rings. The Bertz CT molecular complexity index is 364. The van der Waals surface area contributed by atoms with E-state index in [1.165, 1.54) is 0 Å². The lowest BCUT2D eigenvalue weighted by Crippen LogP contribution is -2.55. The highest BCUT2D eigenvalue weighted by Crippen LogP contribution is 2.30. The second-order valence-corrected chi connectivity index (χ2v) is 5.12. The van der Waals surface area contributed by atoms with E-state index < -0.39 is 11.5 Å². The maximum Gasteiger partial charge on any atom is 0.329 e. The zero-order valence-corrected chi connectivity index (χ0v) is 10.2. The third-order valence-electron chi connectivity index (χ3n) is 3.87. The smallest absolute Gasteiger partial charge is 0.329 e. The van der Waals surface area contributed by atoms with Crippen LogP contribution in [0.5, 0.6) is 0 Å². The van der Waals surface area contributed by atoms with E-state index in [9.17, 15) is 19.5 Å². The number of carbonyl (C=O) groups excluding carboxylic acids is 2. The van der Waals surface area contributed by atoms with Gasteiger partial charge in [-0.3, -0.25) is 9.59 Å². The monoisotopic (exact) mass is 254 g/mol. The lowest BCUT2D eigenvalue weighted by molar-refractivity contribution is -0.148. The van der Waals surface area contributed by atoms with Crippen molar-refractivity contribution >= 4 is 17.8 Å². The molecule has 1 saturated carbocycles. The number of hydrogen-bond donors (Lipinski definition) is 3. The van der Waals surface area contributed by atoms with E-state index >= 15 is 0 Å². The molecule has 1 aliphatic carbocycles. The van der Waals surface area contributed by atoms with Crippen LogP contribution < -0.4 is 10.6 Å². The highest BCUT2D eigenvalue weighted by molar-refractivity contribution is 5.89. The predicted molar refractivity (Wildman–Crippen MR) is 62.7 cm³/mol. The minimum Gasteiger partial charge on any atom is -0.480 e. The maximum absolute atomic E-state index is 12.0. The second-order valence-electron chi connectivity index (χ2n) is 5.12. The first kappa shape index (κ1) is 12.9. The molecule has 18 heavy (non-hydrogen) atoms. The molecule has 100 valence electrons. The van der Waals surface area contributed by atoms with Crippen LogP contribution >= 0.6 is 0 Å². The number of aliphatic carboxylic acids is 1. The van der Waals surface area contributed by atoms with Crippen molar-refractivity contribution < 1.29 is 19.5 Å². The van der Waals surface area contributed by atoms with Gasteiger partial charge in [0.25, 0.3) is 0 Å². The Balaban J connectivity index is 1.97. The lowest BCUT2D eigenvalue weighted by Gasteiger charge is -2.29. The fourth-order valence-corrected chi connectivity index (χ4v) is 2.67. The van der Waals surface area contributed by atoms with E-state index in [1.807, 2.05) is 0 Å². The molecule has 0 bridgehead atoms. The van der Waals surface area contributed by atoms with Crippen LogP contribution in [0.3, 0.4) is 0 Å². The van der Waals surface area contributed by atoms with Crippen molar-refractivity contribution in [1.29, 1.82) is 0 Å². The summed E-state index contributed by atoms with van der Waals surface area (Å²) in [5, 5.41) is 14.6. The molecule has 6 nitrogen and oxygen atoms in total. The fourth-order valence-electron chi connectivity index (χ4n) is 2.67. The SMILES string of the molecule is O=C1CCC(C(=O)NC2(C(=O)O)CCCC2)CN1. The molecule has 2 fully saturated rings. The summed E-state index contributed by atoms with van der Waals surface area (Å²) in [6.07, 6.45) is 3.47. The van der Waals surface area contributed by atoms with Crippen LogP contribution in [-0.2, 0) is 14.4 Å². The van der Waals surface area contributed by atoms with Crippen molar-refractivity contribution in [2.24, 2.45) is 5.92 Å². The van der Waals surface area contributed by atoms with Crippen molar-refractivity contribution in [3.05, 3.63) is 0 Å². The standard InChI is InChI=1S/C12H18N2O4/c15-9-4-3-8(7-13-9)10(16)14-12(11(17)18)5-1-2-6-12/h8H,1-7H2,(H,13,15)(H,14,16)(H,17,18). The summed E-state index contributed by atoms with van der Waals surface area (Å²) in [6.45, 7) is 0.306. The summed E-state index contributed by atoms with van der Waals surface area (Å²) in [4.78, 5) is 34.4. The average molecular weight is 254 g/mol. The molecule has 2 amide bonds. The predicted octanol–water partition coefficient (Wildman–Crippen LogP) is 0.0262. The van der Waals surface area contributed by atoms with Crippen LogP contribution in [0.4, 0.5) is 0 Å². The number of nitrogens with one attached hydrogen (secondary N) is 2. The highest BCUT2D eigenvalue weighted by Gasteiger charge is 2.43. The number of amides is 2. The molecule has 2 rings (SSSR count). The zero-order chi connectivity index (χ0) is 13.2. The molecule has 6 heteroatoms. The Hall–Kier alpha value is -1.59. The molecule has 3 N–H and O–H groups in total. The molecule has 1 saturated heterocycles. The number of carbonyl (C=O) groups is 3. The Morgan fingerprint density at radius 2 is 2.00 bits per heavy atom. The van der Waals surface area contributed by atoms with Gasteiger partial charge in [0.2, 0.25) is 11.8 Å². The number of piperidine rings is 1. The maximum atomic E-state index is 12.0. The molecule has 0 aromatic heterocycles. The van der Waals surface area contributed by atoms with Crippen molar-refractivity contribution in [2.75, 3.05) is 6.54 Å². The normalized spacial score (nSPS) is 26.4. The first-order valence-corrected chi connectivity index (χ1v) is 6.36.